The summed E-state index contributed by atoms with van der Waals surface area (Å²) in [5, 5.41) is 5.94. The molecule has 4 nitrogen and oxygen atoms in total. The SMILES string of the molecule is CC(C)CC(C)CNc1cccc(NC(N)=O)c1. The Morgan fingerprint density at radius 3 is 2.56 bits per heavy atom. The van der Waals surface area contributed by atoms with Crippen molar-refractivity contribution in [1.82, 2.24) is 0 Å². The summed E-state index contributed by atoms with van der Waals surface area (Å²) in [6, 6.07) is 7.02. The lowest BCUT2D eigenvalue weighted by atomic mass is 9.99. The molecule has 18 heavy (non-hydrogen) atoms. The van der Waals surface area contributed by atoms with E-state index in [-0.39, 0.29) is 0 Å². The smallest absolute Gasteiger partial charge is 0.316 e. The van der Waals surface area contributed by atoms with E-state index in [1.54, 1.807) is 0 Å². The van der Waals surface area contributed by atoms with E-state index in [2.05, 4.69) is 31.4 Å². The minimum absolute atomic E-state index is 0.541. The molecule has 4 N–H and O–H groups in total. The fourth-order valence-corrected chi connectivity index (χ4v) is 2.03. The van der Waals surface area contributed by atoms with Gasteiger partial charge in [-0.25, -0.2) is 4.79 Å². The molecule has 0 saturated carbocycles. The summed E-state index contributed by atoms with van der Waals surface area (Å²) in [7, 11) is 0. The van der Waals surface area contributed by atoms with Gasteiger partial charge in [0.15, 0.2) is 0 Å². The molecule has 2 amide bonds. The molecule has 0 bridgehead atoms. The predicted octanol–water partition coefficient (Wildman–Crippen LogP) is 3.27. The van der Waals surface area contributed by atoms with Gasteiger partial charge >= 0.3 is 6.03 Å². The average Bonchev–Trinajstić information content (AvgIpc) is 2.25. The molecule has 1 atom stereocenters. The standard InChI is InChI=1S/C14H23N3O/c1-10(2)7-11(3)9-16-12-5-4-6-13(8-12)17-14(15)18/h4-6,8,10-11,16H,7,9H2,1-3H3,(H3,15,17,18). The van der Waals surface area contributed by atoms with E-state index < -0.39 is 6.03 Å². The summed E-state index contributed by atoms with van der Waals surface area (Å²) in [6.45, 7) is 7.62. The Balaban J connectivity index is 2.49. The molecule has 1 aromatic rings. The Bertz CT molecular complexity index is 390. The number of urea groups is 1. The van der Waals surface area contributed by atoms with Gasteiger partial charge in [-0.2, -0.15) is 0 Å². The number of hydrogen-bond acceptors (Lipinski definition) is 2. The van der Waals surface area contributed by atoms with Crippen LogP contribution >= 0.6 is 0 Å². The van der Waals surface area contributed by atoms with Gasteiger partial charge in [0.2, 0.25) is 0 Å². The van der Waals surface area contributed by atoms with Crippen LogP contribution in [-0.4, -0.2) is 12.6 Å². The van der Waals surface area contributed by atoms with Gasteiger partial charge in [0.25, 0.3) is 0 Å². The summed E-state index contributed by atoms with van der Waals surface area (Å²) in [6.07, 6.45) is 1.20. The highest BCUT2D eigenvalue weighted by atomic mass is 16.2. The normalized spacial score (nSPS) is 12.2. The second-order valence-corrected chi connectivity index (χ2v) is 5.19. The monoisotopic (exact) mass is 249 g/mol. The van der Waals surface area contributed by atoms with E-state index in [1.807, 2.05) is 24.3 Å². The lowest BCUT2D eigenvalue weighted by molar-refractivity contribution is 0.259. The minimum Gasteiger partial charge on any atom is -0.385 e. The van der Waals surface area contributed by atoms with Crippen LogP contribution in [-0.2, 0) is 0 Å². The van der Waals surface area contributed by atoms with Crippen molar-refractivity contribution >= 4 is 17.4 Å². The molecule has 0 saturated heterocycles. The summed E-state index contributed by atoms with van der Waals surface area (Å²) < 4.78 is 0. The van der Waals surface area contributed by atoms with Gasteiger partial charge in [0.1, 0.15) is 0 Å². The number of hydrogen-bond donors (Lipinski definition) is 3. The molecule has 0 aliphatic carbocycles. The molecular formula is C14H23N3O. The van der Waals surface area contributed by atoms with Crippen LogP contribution in [0, 0.1) is 11.8 Å². The first-order valence-electron chi connectivity index (χ1n) is 6.37. The number of rotatable bonds is 6. The molecule has 4 heteroatoms. The highest BCUT2D eigenvalue weighted by Crippen LogP contribution is 2.17. The molecule has 0 aliphatic rings. The Morgan fingerprint density at radius 1 is 1.28 bits per heavy atom. The Morgan fingerprint density at radius 2 is 1.94 bits per heavy atom. The first-order chi connectivity index (χ1) is 8.47. The Hall–Kier alpha value is -1.71. The fraction of sp³-hybridized carbons (Fsp3) is 0.500. The van der Waals surface area contributed by atoms with Crippen LogP contribution in [0.15, 0.2) is 24.3 Å². The van der Waals surface area contributed by atoms with Crippen molar-refractivity contribution in [2.75, 3.05) is 17.2 Å². The molecular weight excluding hydrogens is 226 g/mol. The van der Waals surface area contributed by atoms with E-state index in [4.69, 9.17) is 5.73 Å². The lowest BCUT2D eigenvalue weighted by Gasteiger charge is -2.16. The zero-order chi connectivity index (χ0) is 13.5. The van der Waals surface area contributed by atoms with E-state index in [0.717, 1.165) is 12.2 Å². The second kappa shape index (κ2) is 6.89. The van der Waals surface area contributed by atoms with Gasteiger partial charge in [-0.15, -0.1) is 0 Å². The van der Waals surface area contributed by atoms with Gasteiger partial charge in [0.05, 0.1) is 0 Å². The van der Waals surface area contributed by atoms with Gasteiger partial charge in [-0.1, -0.05) is 26.8 Å². The first-order valence-corrected chi connectivity index (χ1v) is 6.37. The zero-order valence-corrected chi connectivity index (χ0v) is 11.4. The largest absolute Gasteiger partial charge is 0.385 e. The molecule has 0 radical (unpaired) electrons. The molecule has 0 heterocycles. The van der Waals surface area contributed by atoms with Gasteiger partial charge in [-0.3, -0.25) is 0 Å². The number of amides is 2. The molecule has 1 aromatic carbocycles. The quantitative estimate of drug-likeness (QED) is 0.724. The lowest BCUT2D eigenvalue weighted by Crippen LogP contribution is -2.19. The number of primary amides is 1. The van der Waals surface area contributed by atoms with Gasteiger partial charge in [-0.05, 0) is 36.5 Å². The van der Waals surface area contributed by atoms with Crippen LogP contribution in [0.1, 0.15) is 27.2 Å². The van der Waals surface area contributed by atoms with Gasteiger partial charge in [0, 0.05) is 17.9 Å². The van der Waals surface area contributed by atoms with Crippen LogP contribution < -0.4 is 16.4 Å². The number of anilines is 2. The zero-order valence-electron chi connectivity index (χ0n) is 11.4. The number of benzene rings is 1. The Labute approximate surface area is 109 Å². The number of carbonyl (C=O) groups excluding carboxylic acids is 1. The topological polar surface area (TPSA) is 67.2 Å². The highest BCUT2D eigenvalue weighted by molar-refractivity contribution is 5.88. The predicted molar refractivity (Wildman–Crippen MR) is 76.8 cm³/mol. The third-order valence-corrected chi connectivity index (χ3v) is 2.66. The van der Waals surface area contributed by atoms with Crippen LogP contribution in [0.25, 0.3) is 0 Å². The van der Waals surface area contributed by atoms with Crippen molar-refractivity contribution in [3.63, 3.8) is 0 Å². The molecule has 1 rings (SSSR count). The summed E-state index contributed by atoms with van der Waals surface area (Å²) >= 11 is 0. The third kappa shape index (κ3) is 5.57. The van der Waals surface area contributed by atoms with E-state index in [0.29, 0.717) is 17.5 Å². The molecule has 100 valence electrons. The fourth-order valence-electron chi connectivity index (χ4n) is 2.03. The molecule has 1 unspecified atom stereocenters. The van der Waals surface area contributed by atoms with Gasteiger partial charge < -0.3 is 16.4 Å². The van der Waals surface area contributed by atoms with Crippen LogP contribution in [0.3, 0.4) is 0 Å². The van der Waals surface area contributed by atoms with E-state index in [1.165, 1.54) is 6.42 Å². The van der Waals surface area contributed by atoms with Crippen LogP contribution in [0.5, 0.6) is 0 Å². The maximum Gasteiger partial charge on any atom is 0.316 e. The van der Waals surface area contributed by atoms with Crippen molar-refractivity contribution < 1.29 is 4.79 Å². The van der Waals surface area contributed by atoms with Crippen molar-refractivity contribution in [2.45, 2.75) is 27.2 Å². The summed E-state index contributed by atoms with van der Waals surface area (Å²) in [5.41, 5.74) is 6.79. The number of nitrogens with two attached hydrogens (primary N) is 1. The highest BCUT2D eigenvalue weighted by Gasteiger charge is 2.05. The van der Waals surface area contributed by atoms with Crippen LogP contribution in [0.4, 0.5) is 16.2 Å². The maximum absolute atomic E-state index is 10.8. The van der Waals surface area contributed by atoms with E-state index >= 15 is 0 Å². The number of nitrogens with one attached hydrogen (secondary N) is 2. The van der Waals surface area contributed by atoms with Crippen molar-refractivity contribution in [2.24, 2.45) is 17.6 Å². The molecule has 0 spiro atoms. The molecule has 0 fully saturated rings. The second-order valence-electron chi connectivity index (χ2n) is 5.19. The van der Waals surface area contributed by atoms with Crippen molar-refractivity contribution in [1.29, 1.82) is 0 Å². The molecule has 0 aromatic heterocycles. The Kier molecular flexibility index (Phi) is 5.49. The molecule has 0 aliphatic heterocycles. The third-order valence-electron chi connectivity index (χ3n) is 2.66. The first kappa shape index (κ1) is 14.4. The van der Waals surface area contributed by atoms with Crippen LogP contribution in [0.2, 0.25) is 0 Å². The average molecular weight is 249 g/mol. The number of carbonyl (C=O) groups is 1. The van der Waals surface area contributed by atoms with Crippen molar-refractivity contribution in [3.05, 3.63) is 24.3 Å². The van der Waals surface area contributed by atoms with Crippen molar-refractivity contribution in [3.8, 4) is 0 Å². The maximum atomic E-state index is 10.8. The summed E-state index contributed by atoms with van der Waals surface area (Å²) in [5.74, 6) is 1.34. The minimum atomic E-state index is -0.541. The van der Waals surface area contributed by atoms with E-state index in [9.17, 15) is 4.79 Å². The summed E-state index contributed by atoms with van der Waals surface area (Å²) in [4.78, 5) is 10.8.